The standard InChI is InChI=1S/C15H18ClN3O/c1-10-13(9-17-19(10)15(2,3)4)14(20)18-12-7-5-11(16)6-8-12/h5-9H,1-4H3,(H,18,20). The summed E-state index contributed by atoms with van der Waals surface area (Å²) in [4.78, 5) is 12.3. The number of hydrogen-bond donors (Lipinski definition) is 1. The molecule has 0 aliphatic rings. The highest BCUT2D eigenvalue weighted by atomic mass is 35.5. The van der Waals surface area contributed by atoms with Crippen LogP contribution in [0.2, 0.25) is 5.02 Å². The van der Waals surface area contributed by atoms with Gasteiger partial charge in [0.15, 0.2) is 0 Å². The molecule has 1 amide bonds. The Labute approximate surface area is 123 Å². The fourth-order valence-corrected chi connectivity index (χ4v) is 2.17. The van der Waals surface area contributed by atoms with E-state index < -0.39 is 0 Å². The third-order valence-corrected chi connectivity index (χ3v) is 3.24. The Balaban J connectivity index is 2.22. The summed E-state index contributed by atoms with van der Waals surface area (Å²) in [5.74, 6) is -0.166. The van der Waals surface area contributed by atoms with E-state index in [2.05, 4.69) is 10.4 Å². The van der Waals surface area contributed by atoms with E-state index in [0.29, 0.717) is 16.3 Å². The molecule has 1 N–H and O–H groups in total. The summed E-state index contributed by atoms with van der Waals surface area (Å²) >= 11 is 5.82. The molecule has 106 valence electrons. The van der Waals surface area contributed by atoms with Crippen molar-refractivity contribution in [2.45, 2.75) is 33.2 Å². The van der Waals surface area contributed by atoms with Crippen LogP contribution in [0.4, 0.5) is 5.69 Å². The molecule has 1 aromatic carbocycles. The number of nitrogens with one attached hydrogen (secondary N) is 1. The van der Waals surface area contributed by atoms with E-state index in [1.54, 1.807) is 30.5 Å². The van der Waals surface area contributed by atoms with Gasteiger partial charge in [-0.3, -0.25) is 9.48 Å². The van der Waals surface area contributed by atoms with Gasteiger partial charge in [-0.2, -0.15) is 5.10 Å². The summed E-state index contributed by atoms with van der Waals surface area (Å²) in [7, 11) is 0. The van der Waals surface area contributed by atoms with Gasteiger partial charge in [-0.15, -0.1) is 0 Å². The maximum Gasteiger partial charge on any atom is 0.259 e. The zero-order chi connectivity index (χ0) is 14.9. The first-order chi connectivity index (χ1) is 9.29. The fraction of sp³-hybridized carbons (Fsp3) is 0.333. The monoisotopic (exact) mass is 291 g/mol. The average Bonchev–Trinajstić information content (AvgIpc) is 2.74. The predicted molar refractivity (Wildman–Crippen MR) is 81.4 cm³/mol. The molecule has 0 aliphatic heterocycles. The molecular formula is C15H18ClN3O. The van der Waals surface area contributed by atoms with Crippen molar-refractivity contribution in [1.29, 1.82) is 0 Å². The minimum absolute atomic E-state index is 0.150. The van der Waals surface area contributed by atoms with Gasteiger partial charge < -0.3 is 5.32 Å². The second-order valence-electron chi connectivity index (χ2n) is 5.69. The number of carbonyl (C=O) groups excluding carboxylic acids is 1. The van der Waals surface area contributed by atoms with Crippen LogP contribution < -0.4 is 5.32 Å². The summed E-state index contributed by atoms with van der Waals surface area (Å²) in [5, 5.41) is 7.78. The van der Waals surface area contributed by atoms with Crippen LogP contribution in [0.1, 0.15) is 36.8 Å². The van der Waals surface area contributed by atoms with Gasteiger partial charge in [0.2, 0.25) is 0 Å². The van der Waals surface area contributed by atoms with E-state index in [4.69, 9.17) is 11.6 Å². The van der Waals surface area contributed by atoms with E-state index in [9.17, 15) is 4.79 Å². The number of benzene rings is 1. The molecule has 1 aromatic heterocycles. The van der Waals surface area contributed by atoms with E-state index in [1.807, 2.05) is 32.4 Å². The maximum absolute atomic E-state index is 12.3. The molecule has 0 bridgehead atoms. The highest BCUT2D eigenvalue weighted by Crippen LogP contribution is 2.20. The Morgan fingerprint density at radius 1 is 1.25 bits per heavy atom. The first-order valence-corrected chi connectivity index (χ1v) is 6.79. The molecule has 0 aliphatic carbocycles. The van der Waals surface area contributed by atoms with Crippen LogP contribution in [0.25, 0.3) is 0 Å². The molecule has 5 heteroatoms. The number of nitrogens with zero attached hydrogens (tertiary/aromatic N) is 2. The summed E-state index contributed by atoms with van der Waals surface area (Å²) in [6.07, 6.45) is 1.60. The van der Waals surface area contributed by atoms with Crippen LogP contribution in [0, 0.1) is 6.92 Å². The molecule has 0 atom stereocenters. The van der Waals surface area contributed by atoms with Crippen molar-refractivity contribution in [3.05, 3.63) is 46.7 Å². The summed E-state index contributed by atoms with van der Waals surface area (Å²) in [6.45, 7) is 8.05. The highest BCUT2D eigenvalue weighted by molar-refractivity contribution is 6.30. The molecule has 0 spiro atoms. The van der Waals surface area contributed by atoms with Crippen molar-refractivity contribution < 1.29 is 4.79 Å². The molecule has 0 radical (unpaired) electrons. The van der Waals surface area contributed by atoms with Crippen LogP contribution in [0.15, 0.2) is 30.5 Å². The van der Waals surface area contributed by atoms with E-state index in [0.717, 1.165) is 5.69 Å². The van der Waals surface area contributed by atoms with Gasteiger partial charge in [-0.1, -0.05) is 11.6 Å². The zero-order valence-corrected chi connectivity index (χ0v) is 12.8. The largest absolute Gasteiger partial charge is 0.322 e. The van der Waals surface area contributed by atoms with E-state index >= 15 is 0 Å². The number of rotatable bonds is 2. The smallest absolute Gasteiger partial charge is 0.259 e. The van der Waals surface area contributed by atoms with Crippen molar-refractivity contribution in [2.75, 3.05) is 5.32 Å². The minimum atomic E-state index is -0.166. The SMILES string of the molecule is Cc1c(C(=O)Nc2ccc(Cl)cc2)cnn1C(C)(C)C. The van der Waals surface area contributed by atoms with Crippen molar-refractivity contribution >= 4 is 23.2 Å². The van der Waals surface area contributed by atoms with Crippen molar-refractivity contribution in [3.63, 3.8) is 0 Å². The first-order valence-electron chi connectivity index (χ1n) is 6.41. The van der Waals surface area contributed by atoms with E-state index in [1.165, 1.54) is 0 Å². The second-order valence-corrected chi connectivity index (χ2v) is 6.12. The minimum Gasteiger partial charge on any atom is -0.322 e. The number of carbonyl (C=O) groups is 1. The molecule has 1 heterocycles. The molecule has 0 fully saturated rings. The van der Waals surface area contributed by atoms with Crippen molar-refractivity contribution in [3.8, 4) is 0 Å². The molecule has 4 nitrogen and oxygen atoms in total. The Kier molecular flexibility index (Phi) is 3.86. The summed E-state index contributed by atoms with van der Waals surface area (Å²) in [5.41, 5.74) is 1.99. The van der Waals surface area contributed by atoms with E-state index in [-0.39, 0.29) is 11.4 Å². The quantitative estimate of drug-likeness (QED) is 0.913. The lowest BCUT2D eigenvalue weighted by molar-refractivity contribution is 0.102. The lowest BCUT2D eigenvalue weighted by Crippen LogP contribution is -2.25. The van der Waals surface area contributed by atoms with Crippen molar-refractivity contribution in [2.24, 2.45) is 0 Å². The number of halogens is 1. The highest BCUT2D eigenvalue weighted by Gasteiger charge is 2.21. The lowest BCUT2D eigenvalue weighted by Gasteiger charge is -2.21. The topological polar surface area (TPSA) is 46.9 Å². The fourth-order valence-electron chi connectivity index (χ4n) is 2.04. The van der Waals surface area contributed by atoms with Crippen LogP contribution >= 0.6 is 11.6 Å². The average molecular weight is 292 g/mol. The van der Waals surface area contributed by atoms with Gasteiger partial charge in [0.25, 0.3) is 5.91 Å². The van der Waals surface area contributed by atoms with Gasteiger partial charge >= 0.3 is 0 Å². The lowest BCUT2D eigenvalue weighted by atomic mass is 10.1. The normalized spacial score (nSPS) is 11.4. The Morgan fingerprint density at radius 2 is 1.85 bits per heavy atom. The third kappa shape index (κ3) is 3.02. The third-order valence-electron chi connectivity index (χ3n) is 2.99. The Morgan fingerprint density at radius 3 is 2.35 bits per heavy atom. The Hall–Kier alpha value is -1.81. The predicted octanol–water partition coefficient (Wildman–Crippen LogP) is 3.85. The number of aromatic nitrogens is 2. The summed E-state index contributed by atoms with van der Waals surface area (Å²) in [6, 6.07) is 7.01. The molecular weight excluding hydrogens is 274 g/mol. The van der Waals surface area contributed by atoms with Crippen LogP contribution in [-0.2, 0) is 5.54 Å². The number of amides is 1. The van der Waals surface area contributed by atoms with Gasteiger partial charge in [-0.25, -0.2) is 0 Å². The van der Waals surface area contributed by atoms with Crippen molar-refractivity contribution in [1.82, 2.24) is 9.78 Å². The van der Waals surface area contributed by atoms with Gasteiger partial charge in [-0.05, 0) is 52.0 Å². The second kappa shape index (κ2) is 5.29. The molecule has 0 saturated heterocycles. The van der Waals surface area contributed by atoms with Gasteiger partial charge in [0, 0.05) is 16.4 Å². The molecule has 0 unspecified atom stereocenters. The number of anilines is 1. The molecule has 20 heavy (non-hydrogen) atoms. The van der Waals surface area contributed by atoms with Crippen LogP contribution in [-0.4, -0.2) is 15.7 Å². The summed E-state index contributed by atoms with van der Waals surface area (Å²) < 4.78 is 1.85. The maximum atomic E-state index is 12.3. The molecule has 0 saturated carbocycles. The first kappa shape index (κ1) is 14.6. The van der Waals surface area contributed by atoms with Crippen LogP contribution in [0.5, 0.6) is 0 Å². The van der Waals surface area contributed by atoms with Crippen LogP contribution in [0.3, 0.4) is 0 Å². The number of hydrogen-bond acceptors (Lipinski definition) is 2. The Bertz CT molecular complexity index is 624. The van der Waals surface area contributed by atoms with Gasteiger partial charge in [0.1, 0.15) is 0 Å². The molecule has 2 rings (SSSR count). The zero-order valence-electron chi connectivity index (χ0n) is 12.1. The van der Waals surface area contributed by atoms with Gasteiger partial charge in [0.05, 0.1) is 17.3 Å². The molecule has 2 aromatic rings.